The van der Waals surface area contributed by atoms with Gasteiger partial charge in [0.05, 0.1) is 0 Å². The average molecular weight is 403 g/mol. The number of benzene rings is 1. The molecule has 1 unspecified atom stereocenters. The van der Waals surface area contributed by atoms with Gasteiger partial charge in [0.2, 0.25) is 6.41 Å². The molecule has 29 heavy (non-hydrogen) atoms. The highest BCUT2D eigenvalue weighted by molar-refractivity contribution is 5.44. The first-order valence-electron chi connectivity index (χ1n) is 11.3. The third kappa shape index (κ3) is 14.6. The van der Waals surface area contributed by atoms with Gasteiger partial charge in [-0.1, -0.05) is 75.9 Å². The molecule has 0 spiro atoms. The molecule has 0 fully saturated rings. The second-order valence-corrected chi connectivity index (χ2v) is 7.06. The number of aryl methyl sites for hydroxylation is 2. The van der Waals surface area contributed by atoms with Crippen LogP contribution in [-0.4, -0.2) is 13.5 Å². The molecule has 2 N–H and O–H groups in total. The van der Waals surface area contributed by atoms with Crippen LogP contribution in [0.3, 0.4) is 0 Å². The van der Waals surface area contributed by atoms with E-state index in [4.69, 9.17) is 4.79 Å². The summed E-state index contributed by atoms with van der Waals surface area (Å²) in [5.74, 6) is 0.701. The Kier molecular flexibility index (Phi) is 20.8. The van der Waals surface area contributed by atoms with Crippen molar-refractivity contribution in [2.45, 2.75) is 92.9 Å². The summed E-state index contributed by atoms with van der Waals surface area (Å²) in [5.41, 5.74) is 5.97. The van der Waals surface area contributed by atoms with E-state index in [1.807, 2.05) is 33.0 Å². The van der Waals surface area contributed by atoms with Crippen LogP contribution >= 0.6 is 0 Å². The maximum atomic E-state index is 9.06. The molecule has 2 rings (SSSR count). The highest BCUT2D eigenvalue weighted by Crippen LogP contribution is 2.36. The molecular formula is C26H46N2O. The van der Waals surface area contributed by atoms with Crippen LogP contribution in [0.4, 0.5) is 0 Å². The Morgan fingerprint density at radius 2 is 1.83 bits per heavy atom. The van der Waals surface area contributed by atoms with Crippen LogP contribution in [0.5, 0.6) is 0 Å². The minimum Gasteiger partial charge on any atom is -0.368 e. The Labute approximate surface area is 181 Å². The zero-order valence-electron chi connectivity index (χ0n) is 20.3. The van der Waals surface area contributed by atoms with Gasteiger partial charge in [0.1, 0.15) is 0 Å². The molecule has 3 nitrogen and oxygen atoms in total. The Morgan fingerprint density at radius 1 is 1.21 bits per heavy atom. The average Bonchev–Trinajstić information content (AvgIpc) is 2.76. The SMILES string of the molecule is C/C=C\N/C=C(\C)CC1CCCc2ccc(C)cc21.CC.CCCC.CNC=O. The van der Waals surface area contributed by atoms with Crippen LogP contribution in [0.2, 0.25) is 0 Å². The molecule has 3 heteroatoms. The van der Waals surface area contributed by atoms with Gasteiger partial charge in [0.25, 0.3) is 0 Å². The first kappa shape index (κ1) is 29.2. The lowest BCUT2D eigenvalue weighted by molar-refractivity contribution is -0.109. The second kappa shape index (κ2) is 20.7. The van der Waals surface area contributed by atoms with E-state index in [1.165, 1.54) is 49.7 Å². The zero-order chi connectivity index (χ0) is 22.5. The van der Waals surface area contributed by atoms with Crippen molar-refractivity contribution in [1.82, 2.24) is 10.6 Å². The minimum atomic E-state index is 0.625. The normalized spacial score (nSPS) is 14.8. The monoisotopic (exact) mass is 402 g/mol. The highest BCUT2D eigenvalue weighted by atomic mass is 16.1. The van der Waals surface area contributed by atoms with Gasteiger partial charge < -0.3 is 10.6 Å². The third-order valence-corrected chi connectivity index (χ3v) is 4.52. The fourth-order valence-corrected chi connectivity index (χ4v) is 2.96. The number of hydrogen-bond acceptors (Lipinski definition) is 2. The Balaban J connectivity index is 0. The highest BCUT2D eigenvalue weighted by Gasteiger charge is 2.20. The van der Waals surface area contributed by atoms with Gasteiger partial charge in [0, 0.05) is 7.05 Å². The topological polar surface area (TPSA) is 41.1 Å². The van der Waals surface area contributed by atoms with Crippen molar-refractivity contribution in [3.63, 3.8) is 0 Å². The summed E-state index contributed by atoms with van der Waals surface area (Å²) >= 11 is 0. The molecule has 1 aromatic carbocycles. The molecule has 0 aromatic heterocycles. The quantitative estimate of drug-likeness (QED) is 0.502. The number of carbonyl (C=O) groups is 1. The number of carbonyl (C=O) groups excluding carboxylic acids is 1. The fraction of sp³-hybridized carbons (Fsp3) is 0.577. The van der Waals surface area contributed by atoms with E-state index in [0.29, 0.717) is 12.3 Å². The fourth-order valence-electron chi connectivity index (χ4n) is 2.96. The van der Waals surface area contributed by atoms with Crippen molar-refractivity contribution in [3.05, 3.63) is 58.9 Å². The molecule has 0 aliphatic heterocycles. The summed E-state index contributed by atoms with van der Waals surface area (Å²) < 4.78 is 0. The van der Waals surface area contributed by atoms with Crippen LogP contribution in [-0.2, 0) is 11.2 Å². The van der Waals surface area contributed by atoms with Crippen molar-refractivity contribution < 1.29 is 4.79 Å². The first-order chi connectivity index (χ1) is 14.0. The number of unbranched alkanes of at least 4 members (excludes halogenated alkanes) is 1. The van der Waals surface area contributed by atoms with E-state index in [2.05, 4.69) is 62.7 Å². The van der Waals surface area contributed by atoms with Crippen molar-refractivity contribution in [2.24, 2.45) is 0 Å². The lowest BCUT2D eigenvalue weighted by Gasteiger charge is -2.26. The van der Waals surface area contributed by atoms with Gasteiger partial charge in [-0.2, -0.15) is 0 Å². The number of fused-ring (bicyclic) bond motifs is 1. The van der Waals surface area contributed by atoms with E-state index < -0.39 is 0 Å². The van der Waals surface area contributed by atoms with E-state index in [0.717, 1.165) is 0 Å². The Bertz CT molecular complexity index is 574. The predicted octanol–water partition coefficient (Wildman–Crippen LogP) is 7.03. The standard InChI is InChI=1S/C18H25N.C4H10.C2H5NO.C2H6/c1-4-10-19-13-15(3)11-17-7-5-6-16-9-8-14(2)12-18(16)17;1-3-4-2;1-3-2-4;1-2/h4,8-10,12-13,17,19H,5-7,11H2,1-3H3;3-4H2,1-2H3;2H,1H3,(H,3,4);1-2H3/b10-4-,15-13+;;;. The van der Waals surface area contributed by atoms with Crippen LogP contribution < -0.4 is 10.6 Å². The molecule has 0 radical (unpaired) electrons. The molecule has 166 valence electrons. The third-order valence-electron chi connectivity index (χ3n) is 4.52. The largest absolute Gasteiger partial charge is 0.368 e. The predicted molar refractivity (Wildman–Crippen MR) is 130 cm³/mol. The lowest BCUT2D eigenvalue weighted by atomic mass is 9.79. The van der Waals surface area contributed by atoms with Crippen molar-refractivity contribution >= 4 is 6.41 Å². The number of nitrogens with one attached hydrogen (secondary N) is 2. The van der Waals surface area contributed by atoms with Gasteiger partial charge in [-0.3, -0.25) is 4.79 Å². The van der Waals surface area contributed by atoms with Gasteiger partial charge >= 0.3 is 0 Å². The summed E-state index contributed by atoms with van der Waals surface area (Å²) in [7, 11) is 1.56. The van der Waals surface area contributed by atoms with Crippen molar-refractivity contribution in [3.8, 4) is 0 Å². The van der Waals surface area contributed by atoms with Crippen LogP contribution in [0.1, 0.15) is 96.3 Å². The maximum Gasteiger partial charge on any atom is 0.206 e. The maximum absolute atomic E-state index is 9.06. The first-order valence-corrected chi connectivity index (χ1v) is 11.3. The van der Waals surface area contributed by atoms with E-state index in [1.54, 1.807) is 18.2 Å². The molecule has 1 aromatic rings. The van der Waals surface area contributed by atoms with E-state index >= 15 is 0 Å². The Hall–Kier alpha value is -2.03. The lowest BCUT2D eigenvalue weighted by Crippen LogP contribution is -2.11. The van der Waals surface area contributed by atoms with Gasteiger partial charge in [-0.15, -0.1) is 0 Å². The molecule has 0 saturated carbocycles. The van der Waals surface area contributed by atoms with Crippen LogP contribution in [0.25, 0.3) is 0 Å². The van der Waals surface area contributed by atoms with Gasteiger partial charge in [-0.05, 0) is 75.9 Å². The molecule has 0 heterocycles. The molecule has 0 saturated heterocycles. The molecule has 1 aliphatic rings. The zero-order valence-corrected chi connectivity index (χ0v) is 20.3. The van der Waals surface area contributed by atoms with E-state index in [-0.39, 0.29) is 0 Å². The minimum absolute atomic E-state index is 0.625. The molecular weight excluding hydrogens is 356 g/mol. The second-order valence-electron chi connectivity index (χ2n) is 7.06. The van der Waals surface area contributed by atoms with Gasteiger partial charge in [-0.25, -0.2) is 0 Å². The van der Waals surface area contributed by atoms with Gasteiger partial charge in [0.15, 0.2) is 0 Å². The molecule has 1 atom stereocenters. The van der Waals surface area contributed by atoms with Crippen LogP contribution in [0.15, 0.2) is 42.2 Å². The molecule has 1 amide bonds. The number of rotatable bonds is 6. The Morgan fingerprint density at radius 3 is 2.34 bits per heavy atom. The van der Waals surface area contributed by atoms with Crippen molar-refractivity contribution in [2.75, 3.05) is 7.05 Å². The summed E-state index contributed by atoms with van der Waals surface area (Å²) in [6.45, 7) is 14.8. The molecule has 0 bridgehead atoms. The summed E-state index contributed by atoms with van der Waals surface area (Å²) in [6, 6.07) is 6.97. The van der Waals surface area contributed by atoms with E-state index in [9.17, 15) is 0 Å². The summed E-state index contributed by atoms with van der Waals surface area (Å²) in [6.07, 6.45) is 14.5. The number of hydrogen-bond donors (Lipinski definition) is 2. The number of allylic oxidation sites excluding steroid dienone is 2. The summed E-state index contributed by atoms with van der Waals surface area (Å²) in [4.78, 5) is 9.06. The van der Waals surface area contributed by atoms with Crippen molar-refractivity contribution in [1.29, 1.82) is 0 Å². The van der Waals surface area contributed by atoms with Crippen LogP contribution in [0, 0.1) is 6.92 Å². The summed E-state index contributed by atoms with van der Waals surface area (Å²) in [5, 5.41) is 5.47. The smallest absolute Gasteiger partial charge is 0.206 e. The molecule has 1 aliphatic carbocycles. The number of amides is 1.